The number of amides is 2. The Kier molecular flexibility index (Phi) is 9.22. The van der Waals surface area contributed by atoms with E-state index < -0.39 is 34.1 Å². The van der Waals surface area contributed by atoms with Crippen LogP contribution in [0.4, 0.5) is 5.69 Å². The Morgan fingerprint density at radius 1 is 0.872 bits per heavy atom. The van der Waals surface area contributed by atoms with Gasteiger partial charge in [-0.25, -0.2) is 8.42 Å². The Hall–Kier alpha value is -3.65. The Morgan fingerprint density at radius 2 is 1.51 bits per heavy atom. The molecule has 0 radical (unpaired) electrons. The number of sulfonamides is 1. The molecule has 0 saturated carbocycles. The smallest absolute Gasteiger partial charge is 0.264 e. The van der Waals surface area contributed by atoms with Gasteiger partial charge in [0.1, 0.15) is 12.6 Å². The number of rotatable bonds is 9. The van der Waals surface area contributed by atoms with E-state index in [1.54, 1.807) is 31.2 Å². The van der Waals surface area contributed by atoms with Crippen molar-refractivity contribution in [3.05, 3.63) is 95.1 Å². The number of carbonyl (C=O) groups is 2. The van der Waals surface area contributed by atoms with Gasteiger partial charge in [0.05, 0.1) is 10.6 Å². The van der Waals surface area contributed by atoms with E-state index in [1.165, 1.54) is 17.0 Å². The lowest BCUT2D eigenvalue weighted by atomic mass is 10.1. The van der Waals surface area contributed by atoms with E-state index in [9.17, 15) is 18.0 Å². The molecule has 0 heterocycles. The number of anilines is 1. The fourth-order valence-electron chi connectivity index (χ4n) is 4.38. The molecule has 0 fully saturated rings. The summed E-state index contributed by atoms with van der Waals surface area (Å²) in [7, 11) is -4.09. The molecule has 0 aliphatic carbocycles. The van der Waals surface area contributed by atoms with Crippen LogP contribution >= 0.6 is 0 Å². The summed E-state index contributed by atoms with van der Waals surface area (Å²) >= 11 is 0. The Balaban J connectivity index is 2.06. The third-order valence-corrected chi connectivity index (χ3v) is 8.11. The van der Waals surface area contributed by atoms with E-state index in [4.69, 9.17) is 0 Å². The minimum Gasteiger partial charge on any atom is -0.350 e. The molecular weight excluding hydrogens is 510 g/mol. The topological polar surface area (TPSA) is 86.8 Å². The van der Waals surface area contributed by atoms with Gasteiger partial charge in [0, 0.05) is 12.1 Å². The summed E-state index contributed by atoms with van der Waals surface area (Å²) in [6.07, 6.45) is 0. The zero-order valence-electron chi connectivity index (χ0n) is 23.9. The third kappa shape index (κ3) is 7.69. The minimum absolute atomic E-state index is 0.0848. The van der Waals surface area contributed by atoms with Gasteiger partial charge in [0.2, 0.25) is 11.8 Å². The molecule has 0 aliphatic heterocycles. The summed E-state index contributed by atoms with van der Waals surface area (Å²) in [4.78, 5) is 28.8. The van der Waals surface area contributed by atoms with Crippen LogP contribution in [0.25, 0.3) is 0 Å². The SMILES string of the molecule is Cc1cccc(CN(C(=O)CN(c2ccc(C)cc2C)S(=O)(=O)c2ccccc2)[C@@H](C)C(=O)NC(C)(C)C)c1. The molecule has 0 spiro atoms. The quantitative estimate of drug-likeness (QED) is 0.401. The fourth-order valence-corrected chi connectivity index (χ4v) is 5.88. The van der Waals surface area contributed by atoms with Crippen molar-refractivity contribution in [3.8, 4) is 0 Å². The predicted molar refractivity (Wildman–Crippen MR) is 156 cm³/mol. The molecular formula is C31H39N3O4S. The monoisotopic (exact) mass is 549 g/mol. The molecule has 3 aromatic rings. The van der Waals surface area contributed by atoms with Crippen molar-refractivity contribution in [1.82, 2.24) is 10.2 Å². The Bertz CT molecular complexity index is 1430. The van der Waals surface area contributed by atoms with Gasteiger partial charge < -0.3 is 10.2 Å². The number of nitrogens with zero attached hydrogens (tertiary/aromatic N) is 2. The molecule has 39 heavy (non-hydrogen) atoms. The molecule has 0 aliphatic rings. The summed E-state index contributed by atoms with van der Waals surface area (Å²) in [6.45, 7) is 12.7. The van der Waals surface area contributed by atoms with Gasteiger partial charge in [-0.1, -0.05) is 65.7 Å². The summed E-state index contributed by atoms with van der Waals surface area (Å²) in [5.41, 5.74) is 3.50. The second kappa shape index (κ2) is 12.0. The summed E-state index contributed by atoms with van der Waals surface area (Å²) in [5, 5.41) is 2.94. The van der Waals surface area contributed by atoms with Crippen molar-refractivity contribution in [2.24, 2.45) is 0 Å². The van der Waals surface area contributed by atoms with Crippen molar-refractivity contribution >= 4 is 27.5 Å². The van der Waals surface area contributed by atoms with Crippen LogP contribution in [0.15, 0.2) is 77.7 Å². The highest BCUT2D eigenvalue weighted by atomic mass is 32.2. The third-order valence-electron chi connectivity index (χ3n) is 6.33. The van der Waals surface area contributed by atoms with E-state index in [1.807, 2.05) is 77.9 Å². The summed E-state index contributed by atoms with van der Waals surface area (Å²) < 4.78 is 28.9. The second-order valence-corrected chi connectivity index (χ2v) is 12.9. The van der Waals surface area contributed by atoms with Gasteiger partial charge in [-0.3, -0.25) is 13.9 Å². The molecule has 208 valence electrons. The number of carbonyl (C=O) groups excluding carboxylic acids is 2. The fraction of sp³-hybridized carbons (Fsp3) is 0.355. The Morgan fingerprint density at radius 3 is 2.10 bits per heavy atom. The highest BCUT2D eigenvalue weighted by Crippen LogP contribution is 2.28. The maximum Gasteiger partial charge on any atom is 0.264 e. The lowest BCUT2D eigenvalue weighted by Gasteiger charge is -2.34. The van der Waals surface area contributed by atoms with E-state index in [-0.39, 0.29) is 17.3 Å². The Labute approximate surface area is 232 Å². The summed E-state index contributed by atoms with van der Waals surface area (Å²) in [6, 6.07) is 20.4. The lowest BCUT2D eigenvalue weighted by Crippen LogP contribution is -2.54. The molecule has 3 rings (SSSR count). The first-order valence-electron chi connectivity index (χ1n) is 13.0. The molecule has 2 amide bonds. The molecule has 1 atom stereocenters. The maximum atomic E-state index is 14.0. The average molecular weight is 550 g/mol. The largest absolute Gasteiger partial charge is 0.350 e. The van der Waals surface area contributed by atoms with Crippen LogP contribution < -0.4 is 9.62 Å². The first-order chi connectivity index (χ1) is 18.2. The first kappa shape index (κ1) is 29.9. The van der Waals surface area contributed by atoms with Crippen LogP contribution in [0.3, 0.4) is 0 Å². The molecule has 7 nitrogen and oxygen atoms in total. The van der Waals surface area contributed by atoms with Gasteiger partial charge in [0.25, 0.3) is 10.0 Å². The van der Waals surface area contributed by atoms with Gasteiger partial charge >= 0.3 is 0 Å². The number of benzene rings is 3. The first-order valence-corrected chi connectivity index (χ1v) is 14.4. The maximum absolute atomic E-state index is 14.0. The van der Waals surface area contributed by atoms with Crippen LogP contribution in [-0.4, -0.2) is 43.3 Å². The van der Waals surface area contributed by atoms with Crippen LogP contribution in [0.5, 0.6) is 0 Å². The molecule has 3 aromatic carbocycles. The lowest BCUT2D eigenvalue weighted by molar-refractivity contribution is -0.140. The normalized spacial score (nSPS) is 12.5. The van der Waals surface area contributed by atoms with Gasteiger partial charge in [-0.2, -0.15) is 0 Å². The van der Waals surface area contributed by atoms with Crippen molar-refractivity contribution in [2.45, 2.75) is 71.5 Å². The van der Waals surface area contributed by atoms with Crippen LogP contribution in [0.2, 0.25) is 0 Å². The van der Waals surface area contributed by atoms with Crippen molar-refractivity contribution in [3.63, 3.8) is 0 Å². The zero-order valence-corrected chi connectivity index (χ0v) is 24.7. The van der Waals surface area contributed by atoms with E-state index in [2.05, 4.69) is 5.32 Å². The zero-order chi connectivity index (χ0) is 29.0. The van der Waals surface area contributed by atoms with Crippen LogP contribution in [0.1, 0.15) is 49.9 Å². The molecule has 1 N–H and O–H groups in total. The molecule has 8 heteroatoms. The van der Waals surface area contributed by atoms with E-state index >= 15 is 0 Å². The molecule has 0 aromatic heterocycles. The van der Waals surface area contributed by atoms with Crippen molar-refractivity contribution in [2.75, 3.05) is 10.8 Å². The van der Waals surface area contributed by atoms with Crippen molar-refractivity contribution in [1.29, 1.82) is 0 Å². The number of hydrogen-bond donors (Lipinski definition) is 1. The minimum atomic E-state index is -4.09. The van der Waals surface area contributed by atoms with E-state index in [0.29, 0.717) is 5.69 Å². The molecule has 0 bridgehead atoms. The number of nitrogens with one attached hydrogen (secondary N) is 1. The molecule has 0 unspecified atom stereocenters. The van der Waals surface area contributed by atoms with Crippen LogP contribution in [-0.2, 0) is 26.2 Å². The molecule has 0 saturated heterocycles. The van der Waals surface area contributed by atoms with Gasteiger partial charge in [-0.15, -0.1) is 0 Å². The highest BCUT2D eigenvalue weighted by molar-refractivity contribution is 7.92. The van der Waals surface area contributed by atoms with Crippen molar-refractivity contribution < 1.29 is 18.0 Å². The van der Waals surface area contributed by atoms with Gasteiger partial charge in [0.15, 0.2) is 0 Å². The highest BCUT2D eigenvalue weighted by Gasteiger charge is 2.33. The van der Waals surface area contributed by atoms with E-state index in [0.717, 1.165) is 26.6 Å². The predicted octanol–water partition coefficient (Wildman–Crippen LogP) is 5.14. The average Bonchev–Trinajstić information content (AvgIpc) is 2.85. The van der Waals surface area contributed by atoms with Gasteiger partial charge in [-0.05, 0) is 77.8 Å². The number of hydrogen-bond acceptors (Lipinski definition) is 4. The second-order valence-electron chi connectivity index (χ2n) is 11.0. The number of aryl methyl sites for hydroxylation is 3. The standard InChI is InChI=1S/C31H39N3O4S/c1-22-12-11-13-26(19-22)20-33(25(4)30(36)32-31(5,6)7)29(35)21-34(28-17-16-23(2)18-24(28)3)39(37,38)27-14-9-8-10-15-27/h8-19,25H,20-21H2,1-7H3,(H,32,36)/t25-/m0/s1. The van der Waals surface area contributed by atoms with Crippen LogP contribution in [0, 0.1) is 20.8 Å². The summed E-state index contributed by atoms with van der Waals surface area (Å²) in [5.74, 6) is -0.792.